The summed E-state index contributed by atoms with van der Waals surface area (Å²) in [6, 6.07) is 0. The number of fused-ring (bicyclic) bond motifs is 1. The molecule has 0 aromatic heterocycles. The Hall–Kier alpha value is -2.18. The zero-order valence-corrected chi connectivity index (χ0v) is 13.5. The van der Waals surface area contributed by atoms with Gasteiger partial charge in [0.1, 0.15) is 18.0 Å². The first-order valence-corrected chi connectivity index (χ1v) is 8.16. The van der Waals surface area contributed by atoms with E-state index >= 15 is 0 Å². The van der Waals surface area contributed by atoms with Gasteiger partial charge in [-0.3, -0.25) is 14.4 Å². The fraction of sp³-hybridized carbons (Fsp3) is 0.647. The van der Waals surface area contributed by atoms with Crippen LogP contribution in [0.3, 0.4) is 0 Å². The number of carbonyl (C=O) groups excluding carboxylic acids is 4. The van der Waals surface area contributed by atoms with Gasteiger partial charge in [0.05, 0.1) is 24.4 Å². The maximum atomic E-state index is 12.1. The van der Waals surface area contributed by atoms with Gasteiger partial charge in [-0.25, -0.2) is 4.79 Å². The highest BCUT2D eigenvalue weighted by molar-refractivity contribution is 5.98. The lowest BCUT2D eigenvalue weighted by atomic mass is 9.88. The molecule has 0 spiro atoms. The Morgan fingerprint density at radius 3 is 2.71 bits per heavy atom. The molecule has 7 heteroatoms. The quantitative estimate of drug-likeness (QED) is 0.295. The molecule has 3 fully saturated rings. The normalized spacial score (nSPS) is 32.6. The van der Waals surface area contributed by atoms with Gasteiger partial charge in [-0.1, -0.05) is 6.58 Å². The first-order chi connectivity index (χ1) is 11.4. The van der Waals surface area contributed by atoms with E-state index in [0.29, 0.717) is 24.8 Å². The van der Waals surface area contributed by atoms with Crippen molar-refractivity contribution in [3.05, 3.63) is 12.2 Å². The maximum absolute atomic E-state index is 12.1. The Balaban J connectivity index is 1.40. The second-order valence-corrected chi connectivity index (χ2v) is 6.61. The molecule has 1 aliphatic heterocycles. The molecule has 2 saturated carbocycles. The smallest absolute Gasteiger partial charge is 0.333 e. The SMILES string of the molecule is C=C(C)C(=O)OCCCCC(=O)OC1C2CC3C(=O)OC1C3C2=O. The minimum absolute atomic E-state index is 0.0136. The second-order valence-electron chi connectivity index (χ2n) is 6.61. The number of hydrogen-bond donors (Lipinski definition) is 0. The highest BCUT2D eigenvalue weighted by Crippen LogP contribution is 2.53. The van der Waals surface area contributed by atoms with Crippen molar-refractivity contribution in [3.63, 3.8) is 0 Å². The summed E-state index contributed by atoms with van der Waals surface area (Å²) in [5.74, 6) is -2.41. The summed E-state index contributed by atoms with van der Waals surface area (Å²) in [6.07, 6.45) is 0.381. The lowest BCUT2D eigenvalue weighted by Crippen LogP contribution is -2.36. The third-order valence-corrected chi connectivity index (χ3v) is 4.89. The van der Waals surface area contributed by atoms with Crippen LogP contribution in [0, 0.1) is 17.8 Å². The Bertz CT molecular complexity index is 608. The first kappa shape index (κ1) is 16.7. The fourth-order valence-corrected chi connectivity index (χ4v) is 3.73. The number of rotatable bonds is 7. The van der Waals surface area contributed by atoms with Crippen LogP contribution in [0.25, 0.3) is 0 Å². The molecule has 2 aliphatic carbocycles. The molecule has 5 unspecified atom stereocenters. The summed E-state index contributed by atoms with van der Waals surface area (Å²) >= 11 is 0. The molecule has 2 bridgehead atoms. The number of ketones is 1. The maximum Gasteiger partial charge on any atom is 0.333 e. The highest BCUT2D eigenvalue weighted by Gasteiger charge is 2.68. The van der Waals surface area contributed by atoms with E-state index in [1.165, 1.54) is 0 Å². The predicted molar refractivity (Wildman–Crippen MR) is 79.5 cm³/mol. The first-order valence-electron chi connectivity index (χ1n) is 8.16. The van der Waals surface area contributed by atoms with E-state index in [0.717, 1.165) is 0 Å². The van der Waals surface area contributed by atoms with Crippen molar-refractivity contribution < 1.29 is 33.4 Å². The standard InChI is InChI=1S/C17H20O7/c1-8(2)16(20)22-6-4-3-5-11(18)23-14-10-7-9-12(13(10)19)15(14)24-17(9)21/h9-10,12,14-15H,1,3-7H2,2H3. The molecule has 1 saturated heterocycles. The van der Waals surface area contributed by atoms with Crippen molar-refractivity contribution in [1.29, 1.82) is 0 Å². The van der Waals surface area contributed by atoms with Crippen LogP contribution >= 0.6 is 0 Å². The van der Waals surface area contributed by atoms with Crippen molar-refractivity contribution in [2.24, 2.45) is 17.8 Å². The summed E-state index contributed by atoms with van der Waals surface area (Å²) in [6.45, 7) is 5.26. The van der Waals surface area contributed by atoms with Crippen LogP contribution in [0.4, 0.5) is 0 Å². The van der Waals surface area contributed by atoms with Crippen LogP contribution in [0.15, 0.2) is 12.2 Å². The molecule has 0 aromatic carbocycles. The monoisotopic (exact) mass is 336 g/mol. The zero-order chi connectivity index (χ0) is 17.4. The molecule has 130 valence electrons. The number of ether oxygens (including phenoxy) is 3. The van der Waals surface area contributed by atoms with Gasteiger partial charge in [0.15, 0.2) is 0 Å². The molecular formula is C17H20O7. The zero-order valence-electron chi connectivity index (χ0n) is 13.5. The molecule has 3 aliphatic rings. The van der Waals surface area contributed by atoms with Crippen LogP contribution in [0.1, 0.15) is 32.6 Å². The molecule has 0 amide bonds. The van der Waals surface area contributed by atoms with E-state index in [9.17, 15) is 19.2 Å². The average molecular weight is 336 g/mol. The molecular weight excluding hydrogens is 316 g/mol. The van der Waals surface area contributed by atoms with Crippen molar-refractivity contribution >= 4 is 23.7 Å². The molecule has 0 N–H and O–H groups in total. The second kappa shape index (κ2) is 6.37. The van der Waals surface area contributed by atoms with Crippen molar-refractivity contribution in [3.8, 4) is 0 Å². The molecule has 7 nitrogen and oxygen atoms in total. The van der Waals surface area contributed by atoms with Crippen LogP contribution in [0.5, 0.6) is 0 Å². The number of carbonyl (C=O) groups is 4. The number of Topliss-reactive ketones (excluding diaryl/α,β-unsaturated/α-hetero) is 1. The summed E-state index contributed by atoms with van der Waals surface area (Å²) in [7, 11) is 0. The molecule has 5 atom stereocenters. The Kier molecular flexibility index (Phi) is 4.43. The third-order valence-electron chi connectivity index (χ3n) is 4.89. The van der Waals surface area contributed by atoms with E-state index in [1.54, 1.807) is 6.92 Å². The van der Waals surface area contributed by atoms with E-state index in [4.69, 9.17) is 14.2 Å². The minimum Gasteiger partial charge on any atom is -0.462 e. The molecule has 1 heterocycles. The van der Waals surface area contributed by atoms with E-state index in [1.807, 2.05) is 0 Å². The Morgan fingerprint density at radius 2 is 2.00 bits per heavy atom. The summed E-state index contributed by atoms with van der Waals surface area (Å²) in [5.41, 5.74) is 0.333. The van der Waals surface area contributed by atoms with E-state index < -0.39 is 36.0 Å². The fourth-order valence-electron chi connectivity index (χ4n) is 3.73. The van der Waals surface area contributed by atoms with Crippen LogP contribution in [-0.4, -0.2) is 42.5 Å². The highest BCUT2D eigenvalue weighted by atomic mass is 16.6. The lowest BCUT2D eigenvalue weighted by Gasteiger charge is -2.23. The predicted octanol–water partition coefficient (Wildman–Crippen LogP) is 0.948. The Labute approximate surface area is 139 Å². The van der Waals surface area contributed by atoms with Crippen LogP contribution in [-0.2, 0) is 33.4 Å². The van der Waals surface area contributed by atoms with Crippen molar-refractivity contribution in [1.82, 2.24) is 0 Å². The van der Waals surface area contributed by atoms with Gasteiger partial charge in [0, 0.05) is 12.0 Å². The van der Waals surface area contributed by atoms with Gasteiger partial charge < -0.3 is 14.2 Å². The van der Waals surface area contributed by atoms with Gasteiger partial charge in [0.25, 0.3) is 0 Å². The molecule has 24 heavy (non-hydrogen) atoms. The molecule has 0 aromatic rings. The number of hydrogen-bond acceptors (Lipinski definition) is 7. The molecule has 0 radical (unpaired) electrons. The average Bonchev–Trinajstić information content (AvgIpc) is 3.07. The molecule has 3 rings (SSSR count). The van der Waals surface area contributed by atoms with Gasteiger partial charge in [-0.15, -0.1) is 0 Å². The van der Waals surface area contributed by atoms with Gasteiger partial charge in [-0.05, 0) is 26.2 Å². The van der Waals surface area contributed by atoms with Gasteiger partial charge in [0.2, 0.25) is 0 Å². The Morgan fingerprint density at radius 1 is 1.25 bits per heavy atom. The largest absolute Gasteiger partial charge is 0.462 e. The van der Waals surface area contributed by atoms with Crippen LogP contribution < -0.4 is 0 Å². The summed E-state index contributed by atoms with van der Waals surface area (Å²) in [4.78, 5) is 46.9. The van der Waals surface area contributed by atoms with Crippen LogP contribution in [0.2, 0.25) is 0 Å². The minimum atomic E-state index is -0.640. The topological polar surface area (TPSA) is 96.0 Å². The third kappa shape index (κ3) is 2.83. The van der Waals surface area contributed by atoms with E-state index in [2.05, 4.69) is 6.58 Å². The van der Waals surface area contributed by atoms with Gasteiger partial charge in [-0.2, -0.15) is 0 Å². The van der Waals surface area contributed by atoms with Gasteiger partial charge >= 0.3 is 17.9 Å². The summed E-state index contributed by atoms with van der Waals surface area (Å²) in [5, 5.41) is 0. The van der Waals surface area contributed by atoms with E-state index in [-0.39, 0.29) is 30.7 Å². The lowest BCUT2D eigenvalue weighted by molar-refractivity contribution is -0.162. The number of esters is 3. The van der Waals surface area contributed by atoms with Crippen molar-refractivity contribution in [2.45, 2.75) is 44.8 Å². The summed E-state index contributed by atoms with van der Waals surface area (Å²) < 4.78 is 15.5. The number of unbranched alkanes of at least 4 members (excludes halogenated alkanes) is 1. The van der Waals surface area contributed by atoms with Crippen molar-refractivity contribution in [2.75, 3.05) is 6.61 Å².